The molecule has 0 aromatic carbocycles. The average molecular weight is 308 g/mol. The molecule has 0 aromatic heterocycles. The lowest BCUT2D eigenvalue weighted by molar-refractivity contribution is -0.236. The van der Waals surface area contributed by atoms with Crippen molar-refractivity contribution in [1.82, 2.24) is 0 Å². The van der Waals surface area contributed by atoms with E-state index in [9.17, 15) is 20.4 Å². The Morgan fingerprint density at radius 3 is 2.14 bits per heavy atom. The lowest BCUT2D eigenvalue weighted by Gasteiger charge is -2.42. The summed E-state index contributed by atoms with van der Waals surface area (Å²) >= 11 is 0. The molecule has 6 unspecified atom stereocenters. The van der Waals surface area contributed by atoms with Crippen molar-refractivity contribution in [3.05, 3.63) is 0 Å². The summed E-state index contributed by atoms with van der Waals surface area (Å²) in [6.45, 7) is -0.539. The second kappa shape index (κ2) is 7.30. The first kappa shape index (κ1) is 17.0. The normalized spacial score (nSPS) is 48.3. The van der Waals surface area contributed by atoms with Gasteiger partial charge in [0.05, 0.1) is 38.1 Å². The van der Waals surface area contributed by atoms with E-state index in [-0.39, 0.29) is 31.7 Å². The van der Waals surface area contributed by atoms with Gasteiger partial charge in [0.2, 0.25) is 0 Å². The largest absolute Gasteiger partial charge is 0.394 e. The van der Waals surface area contributed by atoms with Crippen LogP contribution in [0.15, 0.2) is 0 Å². The minimum atomic E-state index is -1.41. The zero-order chi connectivity index (χ0) is 15.6. The van der Waals surface area contributed by atoms with Crippen LogP contribution < -0.4 is 0 Å². The highest BCUT2D eigenvalue weighted by Gasteiger charge is 2.45. The van der Waals surface area contributed by atoms with Crippen LogP contribution in [-0.2, 0) is 9.47 Å². The first-order chi connectivity index (χ1) is 9.97. The molecule has 124 valence electrons. The molecular weight excluding hydrogens is 284 g/mol. The van der Waals surface area contributed by atoms with Gasteiger partial charge in [-0.15, -0.1) is 0 Å². The van der Waals surface area contributed by atoms with Crippen molar-refractivity contribution in [2.24, 2.45) is 5.92 Å². The van der Waals surface area contributed by atoms with Crippen molar-refractivity contribution in [2.75, 3.05) is 19.8 Å². The highest BCUT2D eigenvalue weighted by molar-refractivity contribution is 4.94. The Labute approximate surface area is 122 Å². The van der Waals surface area contributed by atoms with Crippen LogP contribution in [0.25, 0.3) is 0 Å². The van der Waals surface area contributed by atoms with E-state index in [0.29, 0.717) is 6.42 Å². The molecule has 8 atom stereocenters. The summed E-state index contributed by atoms with van der Waals surface area (Å²) in [5.41, 5.74) is 0. The number of rotatable bonds is 4. The van der Waals surface area contributed by atoms with E-state index >= 15 is 0 Å². The number of aliphatic hydroxyl groups excluding tert-OH is 6. The zero-order valence-electron chi connectivity index (χ0n) is 11.7. The topological polar surface area (TPSA) is 140 Å². The Balaban J connectivity index is 1.99. The molecular formula is C13H24O8. The average Bonchev–Trinajstić information content (AvgIpc) is 2.49. The van der Waals surface area contributed by atoms with Gasteiger partial charge in [0, 0.05) is 0 Å². The Morgan fingerprint density at radius 2 is 1.52 bits per heavy atom. The fraction of sp³-hybridized carbons (Fsp3) is 1.00. The van der Waals surface area contributed by atoms with Crippen molar-refractivity contribution < 1.29 is 40.1 Å². The van der Waals surface area contributed by atoms with Crippen molar-refractivity contribution in [1.29, 1.82) is 0 Å². The van der Waals surface area contributed by atoms with Crippen LogP contribution in [0.1, 0.15) is 12.8 Å². The molecule has 2 saturated heterocycles. The summed E-state index contributed by atoms with van der Waals surface area (Å²) in [6.07, 6.45) is -6.32. The van der Waals surface area contributed by atoms with E-state index in [2.05, 4.69) is 0 Å². The highest BCUT2D eigenvalue weighted by Crippen LogP contribution is 2.31. The molecule has 2 heterocycles. The SMILES string of the molecule is OCC1CC(C[C@H]2OC(CO)[C@@H](O)C(O)C2O)C(O)CO1. The quantitative estimate of drug-likeness (QED) is 0.322. The monoisotopic (exact) mass is 308 g/mol. The van der Waals surface area contributed by atoms with Crippen LogP contribution in [0.4, 0.5) is 0 Å². The molecule has 21 heavy (non-hydrogen) atoms. The maximum Gasteiger partial charge on any atom is 0.111 e. The molecule has 0 aromatic rings. The predicted molar refractivity (Wildman–Crippen MR) is 69.3 cm³/mol. The minimum absolute atomic E-state index is 0.0906. The highest BCUT2D eigenvalue weighted by atomic mass is 16.5. The van der Waals surface area contributed by atoms with Crippen LogP contribution in [0, 0.1) is 5.92 Å². The number of hydrogen-bond donors (Lipinski definition) is 6. The molecule has 2 aliphatic rings. The van der Waals surface area contributed by atoms with E-state index in [0.717, 1.165) is 0 Å². The number of hydrogen-bond acceptors (Lipinski definition) is 8. The Bertz CT molecular complexity index is 325. The van der Waals surface area contributed by atoms with E-state index in [1.54, 1.807) is 0 Å². The van der Waals surface area contributed by atoms with Gasteiger partial charge in [0.1, 0.15) is 24.4 Å². The van der Waals surface area contributed by atoms with Crippen LogP contribution in [0.3, 0.4) is 0 Å². The van der Waals surface area contributed by atoms with Crippen molar-refractivity contribution >= 4 is 0 Å². The molecule has 2 rings (SSSR count). The van der Waals surface area contributed by atoms with E-state index in [1.807, 2.05) is 0 Å². The van der Waals surface area contributed by atoms with Crippen LogP contribution in [0.2, 0.25) is 0 Å². The Kier molecular flexibility index (Phi) is 5.92. The van der Waals surface area contributed by atoms with Crippen LogP contribution in [0.5, 0.6) is 0 Å². The van der Waals surface area contributed by atoms with Gasteiger partial charge in [-0.05, 0) is 18.8 Å². The van der Waals surface area contributed by atoms with Gasteiger partial charge in [0.25, 0.3) is 0 Å². The predicted octanol–water partition coefficient (Wildman–Crippen LogP) is -3.02. The third-order valence-corrected chi connectivity index (χ3v) is 4.34. The summed E-state index contributed by atoms with van der Waals surface area (Å²) in [5, 5.41) is 57.6. The molecule has 2 aliphatic heterocycles. The fourth-order valence-electron chi connectivity index (χ4n) is 2.99. The molecule has 2 fully saturated rings. The molecule has 6 N–H and O–H groups in total. The van der Waals surface area contributed by atoms with Crippen LogP contribution >= 0.6 is 0 Å². The molecule has 0 saturated carbocycles. The van der Waals surface area contributed by atoms with Gasteiger partial charge in [-0.1, -0.05) is 0 Å². The second-order valence-corrected chi connectivity index (χ2v) is 5.80. The lowest BCUT2D eigenvalue weighted by Crippen LogP contribution is -2.59. The first-order valence-corrected chi connectivity index (χ1v) is 7.19. The van der Waals surface area contributed by atoms with E-state index < -0.39 is 43.2 Å². The number of ether oxygens (including phenoxy) is 2. The summed E-state index contributed by atoms with van der Waals surface area (Å²) in [5.74, 6) is -0.266. The molecule has 0 amide bonds. The molecule has 0 aliphatic carbocycles. The van der Waals surface area contributed by atoms with Crippen LogP contribution in [-0.4, -0.2) is 93.2 Å². The minimum Gasteiger partial charge on any atom is -0.394 e. The lowest BCUT2D eigenvalue weighted by atomic mass is 9.84. The maximum absolute atomic E-state index is 9.98. The van der Waals surface area contributed by atoms with Gasteiger partial charge in [0.15, 0.2) is 0 Å². The molecule has 0 radical (unpaired) electrons. The fourth-order valence-corrected chi connectivity index (χ4v) is 2.99. The second-order valence-electron chi connectivity index (χ2n) is 5.80. The van der Waals surface area contributed by atoms with E-state index in [1.165, 1.54) is 0 Å². The number of aliphatic hydroxyl groups is 6. The molecule has 8 heteroatoms. The third-order valence-electron chi connectivity index (χ3n) is 4.34. The smallest absolute Gasteiger partial charge is 0.111 e. The summed E-state index contributed by atoms with van der Waals surface area (Å²) in [7, 11) is 0. The van der Waals surface area contributed by atoms with Crippen molar-refractivity contribution in [3.63, 3.8) is 0 Å². The van der Waals surface area contributed by atoms with Gasteiger partial charge in [-0.25, -0.2) is 0 Å². The van der Waals surface area contributed by atoms with Gasteiger partial charge in [-0.2, -0.15) is 0 Å². The van der Waals surface area contributed by atoms with Crippen molar-refractivity contribution in [3.8, 4) is 0 Å². The standard InChI is InChI=1S/C13H24O8/c14-3-7-1-6(8(16)5-20-7)2-9-11(17)13(19)12(18)10(4-15)21-9/h6-19H,1-5H2/t6?,7?,8?,9-,10?,11?,12-,13?/m1/s1. The zero-order valence-corrected chi connectivity index (χ0v) is 11.7. The summed E-state index contributed by atoms with van der Waals surface area (Å²) < 4.78 is 10.7. The van der Waals surface area contributed by atoms with Gasteiger partial charge in [-0.3, -0.25) is 0 Å². The van der Waals surface area contributed by atoms with Gasteiger partial charge < -0.3 is 40.1 Å². The maximum atomic E-state index is 9.98. The third kappa shape index (κ3) is 3.72. The summed E-state index contributed by atoms with van der Waals surface area (Å²) in [6, 6.07) is 0. The van der Waals surface area contributed by atoms with Crippen molar-refractivity contribution in [2.45, 2.75) is 55.6 Å². The Hall–Kier alpha value is -0.320. The van der Waals surface area contributed by atoms with E-state index in [4.69, 9.17) is 19.7 Å². The Morgan fingerprint density at radius 1 is 0.857 bits per heavy atom. The first-order valence-electron chi connectivity index (χ1n) is 7.19. The molecule has 0 bridgehead atoms. The summed E-state index contributed by atoms with van der Waals surface area (Å²) in [4.78, 5) is 0. The molecule has 8 nitrogen and oxygen atoms in total. The molecule has 0 spiro atoms. The van der Waals surface area contributed by atoms with Gasteiger partial charge >= 0.3 is 0 Å².